The van der Waals surface area contributed by atoms with Crippen LogP contribution < -0.4 is 4.72 Å². The van der Waals surface area contributed by atoms with Crippen LogP contribution in [0, 0.1) is 0 Å². The summed E-state index contributed by atoms with van der Waals surface area (Å²) in [4.78, 5) is 1.05. The maximum absolute atomic E-state index is 9.92. The summed E-state index contributed by atoms with van der Waals surface area (Å²) in [7, 11) is -1.71. The summed E-state index contributed by atoms with van der Waals surface area (Å²) in [6, 6.07) is 6.03. The highest BCUT2D eigenvalue weighted by atomic mass is 79.9. The molecule has 0 saturated heterocycles. The van der Waals surface area contributed by atoms with Gasteiger partial charge >= 0.3 is 0 Å². The van der Waals surface area contributed by atoms with Crippen LogP contribution in [0.5, 0.6) is 0 Å². The van der Waals surface area contributed by atoms with Crippen LogP contribution in [0.3, 0.4) is 0 Å². The fourth-order valence-electron chi connectivity index (χ4n) is 1.34. The molecule has 66 valence electrons. The van der Waals surface area contributed by atoms with Crippen LogP contribution in [0.15, 0.2) is 27.6 Å². The van der Waals surface area contributed by atoms with E-state index in [1.807, 2.05) is 24.5 Å². The molecule has 1 aromatic carbocycles. The second-order valence-corrected chi connectivity index (χ2v) is 6.34. The van der Waals surface area contributed by atoms with E-state index in [1.54, 1.807) is 0 Å². The van der Waals surface area contributed by atoms with Gasteiger partial charge in [0.05, 0.1) is 0 Å². The van der Waals surface area contributed by atoms with Gasteiger partial charge in [-0.05, 0) is 17.7 Å². The van der Waals surface area contributed by atoms with Gasteiger partial charge in [0, 0.05) is 22.2 Å². The number of hydrogen-bond acceptors (Lipinski definition) is 2. The van der Waals surface area contributed by atoms with Crippen molar-refractivity contribution < 1.29 is 4.55 Å². The Labute approximate surface area is 81.8 Å². The fourth-order valence-corrected chi connectivity index (χ4v) is 3.45. The topological polar surface area (TPSA) is 32.3 Å². The number of benzene rings is 1. The maximum atomic E-state index is 9.92. The molecular formula is C8H10BrNOS. The van der Waals surface area contributed by atoms with Crippen molar-refractivity contribution in [1.82, 2.24) is 4.72 Å². The van der Waals surface area contributed by atoms with Crippen molar-refractivity contribution in [2.45, 2.75) is 11.4 Å². The molecule has 2 nitrogen and oxygen atoms in total. The molecule has 1 atom stereocenters. The second-order valence-electron chi connectivity index (χ2n) is 2.95. The first-order valence-electron chi connectivity index (χ1n) is 3.63. The molecule has 0 spiro atoms. The summed E-state index contributed by atoms with van der Waals surface area (Å²) < 4.78 is 14.1. The van der Waals surface area contributed by atoms with Crippen molar-refractivity contribution >= 4 is 26.4 Å². The third-order valence-corrected chi connectivity index (χ3v) is 4.44. The first-order chi connectivity index (χ1) is 5.59. The number of hydrogen-bond donors (Lipinski definition) is 2. The van der Waals surface area contributed by atoms with E-state index in [0.717, 1.165) is 15.9 Å². The Morgan fingerprint density at radius 2 is 2.33 bits per heavy atom. The second kappa shape index (κ2) is 2.73. The summed E-state index contributed by atoms with van der Waals surface area (Å²) in [6.45, 7) is 0.783. The van der Waals surface area contributed by atoms with Crippen LogP contribution in [-0.2, 0) is 6.54 Å². The maximum Gasteiger partial charge on any atom is 0.0328 e. The van der Waals surface area contributed by atoms with Crippen LogP contribution >= 0.6 is 26.4 Å². The molecular weight excluding hydrogens is 238 g/mol. The van der Waals surface area contributed by atoms with Crippen LogP contribution in [0.25, 0.3) is 0 Å². The van der Waals surface area contributed by atoms with Crippen LogP contribution in [0.4, 0.5) is 0 Å². The first kappa shape index (κ1) is 8.56. The molecule has 0 bridgehead atoms. The van der Waals surface area contributed by atoms with Crippen molar-refractivity contribution in [1.29, 1.82) is 0 Å². The highest BCUT2D eigenvalue weighted by Gasteiger charge is 2.26. The molecule has 0 saturated carbocycles. The fraction of sp³-hybridized carbons (Fsp3) is 0.250. The minimum atomic E-state index is -1.71. The smallest absolute Gasteiger partial charge is 0.0328 e. The normalized spacial score (nSPS) is 32.6. The Balaban J connectivity index is 2.57. The lowest BCUT2D eigenvalue weighted by Crippen LogP contribution is -2.09. The zero-order chi connectivity index (χ0) is 8.77. The Kier molecular flexibility index (Phi) is 1.95. The van der Waals surface area contributed by atoms with Crippen molar-refractivity contribution in [3.05, 3.63) is 28.2 Å². The Bertz CT molecular complexity index is 327. The largest absolute Gasteiger partial charge is 0.334 e. The van der Waals surface area contributed by atoms with E-state index >= 15 is 0 Å². The molecule has 2 N–H and O–H groups in total. The molecule has 2 rings (SSSR count). The van der Waals surface area contributed by atoms with Gasteiger partial charge in [0.1, 0.15) is 0 Å². The SMILES string of the molecule is CS1(O)NCc2ccc(Br)cc21. The number of fused-ring (bicyclic) bond motifs is 1. The van der Waals surface area contributed by atoms with Crippen LogP contribution in [0.2, 0.25) is 0 Å². The molecule has 0 radical (unpaired) electrons. The van der Waals surface area contributed by atoms with E-state index in [9.17, 15) is 4.55 Å². The molecule has 1 heterocycles. The molecule has 0 amide bonds. The minimum absolute atomic E-state index is 0.783. The number of nitrogens with one attached hydrogen (secondary N) is 1. The van der Waals surface area contributed by atoms with E-state index in [-0.39, 0.29) is 0 Å². The van der Waals surface area contributed by atoms with Gasteiger partial charge in [-0.2, -0.15) is 0 Å². The average molecular weight is 248 g/mol. The predicted octanol–water partition coefficient (Wildman–Crippen LogP) is 2.73. The van der Waals surface area contributed by atoms with E-state index < -0.39 is 10.5 Å². The highest BCUT2D eigenvalue weighted by Crippen LogP contribution is 2.51. The van der Waals surface area contributed by atoms with Gasteiger partial charge in [-0.15, -0.1) is 0 Å². The average Bonchev–Trinajstić information content (AvgIpc) is 2.28. The molecule has 12 heavy (non-hydrogen) atoms. The summed E-state index contributed by atoms with van der Waals surface area (Å²) in [6.07, 6.45) is 1.85. The Morgan fingerprint density at radius 3 is 3.08 bits per heavy atom. The van der Waals surface area contributed by atoms with Gasteiger partial charge in [0.15, 0.2) is 0 Å². The standard InChI is InChI=1S/C8H10BrNOS/c1-12(11)8-4-7(9)3-2-6(8)5-10-12/h2-4,10-11H,5H2,1H3. The molecule has 4 heteroatoms. The van der Waals surface area contributed by atoms with Crippen LogP contribution in [0.1, 0.15) is 5.56 Å². The zero-order valence-corrected chi connectivity index (χ0v) is 9.08. The summed E-state index contributed by atoms with van der Waals surface area (Å²) >= 11 is 3.39. The van der Waals surface area contributed by atoms with Gasteiger partial charge in [0.2, 0.25) is 0 Å². The number of halogens is 1. The predicted molar refractivity (Wildman–Crippen MR) is 55.4 cm³/mol. The van der Waals surface area contributed by atoms with Gasteiger partial charge in [-0.1, -0.05) is 32.5 Å². The highest BCUT2D eigenvalue weighted by molar-refractivity contribution is 9.10. The molecule has 1 aliphatic heterocycles. The lowest BCUT2D eigenvalue weighted by atomic mass is 10.2. The number of rotatable bonds is 0. The molecule has 0 fully saturated rings. The Hall–Kier alpha value is -0.0300. The van der Waals surface area contributed by atoms with Gasteiger partial charge < -0.3 is 4.55 Å². The summed E-state index contributed by atoms with van der Waals surface area (Å²) in [5, 5.41) is 0. The lowest BCUT2D eigenvalue weighted by Gasteiger charge is -2.24. The lowest BCUT2D eigenvalue weighted by molar-refractivity contribution is 0.622. The van der Waals surface area contributed by atoms with E-state index in [2.05, 4.69) is 20.7 Å². The minimum Gasteiger partial charge on any atom is -0.334 e. The van der Waals surface area contributed by atoms with Crippen molar-refractivity contribution in [2.75, 3.05) is 6.26 Å². The summed E-state index contributed by atoms with van der Waals surface area (Å²) in [5.74, 6) is 0. The van der Waals surface area contributed by atoms with Gasteiger partial charge in [0.25, 0.3) is 0 Å². The molecule has 1 unspecified atom stereocenters. The van der Waals surface area contributed by atoms with Crippen molar-refractivity contribution in [3.8, 4) is 0 Å². The third-order valence-electron chi connectivity index (χ3n) is 2.00. The quantitative estimate of drug-likeness (QED) is 0.739. The third kappa shape index (κ3) is 1.29. The van der Waals surface area contributed by atoms with Crippen molar-refractivity contribution in [2.24, 2.45) is 0 Å². The van der Waals surface area contributed by atoms with Crippen molar-refractivity contribution in [3.63, 3.8) is 0 Å². The monoisotopic (exact) mass is 247 g/mol. The van der Waals surface area contributed by atoms with E-state index in [0.29, 0.717) is 0 Å². The molecule has 1 aliphatic rings. The summed E-state index contributed by atoms with van der Waals surface area (Å²) in [5.41, 5.74) is 1.21. The van der Waals surface area contributed by atoms with Gasteiger partial charge in [-0.25, -0.2) is 0 Å². The molecule has 0 aromatic heterocycles. The zero-order valence-electron chi connectivity index (χ0n) is 6.67. The molecule has 0 aliphatic carbocycles. The Morgan fingerprint density at radius 1 is 1.58 bits per heavy atom. The van der Waals surface area contributed by atoms with Crippen LogP contribution in [-0.4, -0.2) is 10.8 Å². The molecule has 1 aromatic rings. The van der Waals surface area contributed by atoms with E-state index in [4.69, 9.17) is 0 Å². The van der Waals surface area contributed by atoms with E-state index in [1.165, 1.54) is 5.56 Å². The first-order valence-corrected chi connectivity index (χ1v) is 6.42. The van der Waals surface area contributed by atoms with Gasteiger partial charge in [-0.3, -0.25) is 4.72 Å².